The molecule has 4 heteroatoms. The number of carbonyl (C=O) groups is 1. The van der Waals surface area contributed by atoms with E-state index >= 15 is 0 Å². The van der Waals surface area contributed by atoms with E-state index < -0.39 is 0 Å². The second-order valence-corrected chi connectivity index (χ2v) is 5.91. The van der Waals surface area contributed by atoms with E-state index in [1.807, 2.05) is 24.3 Å². The predicted octanol–water partition coefficient (Wildman–Crippen LogP) is 1.75. The van der Waals surface area contributed by atoms with E-state index in [-0.39, 0.29) is 11.4 Å². The number of likely N-dealkylation sites (N-methyl/N-ethyl adjacent to an activating group) is 1. The van der Waals surface area contributed by atoms with Gasteiger partial charge in [0.1, 0.15) is 0 Å². The van der Waals surface area contributed by atoms with Gasteiger partial charge in [0.2, 0.25) is 0 Å². The molecule has 4 nitrogen and oxygen atoms in total. The van der Waals surface area contributed by atoms with Crippen LogP contribution < -0.4 is 11.1 Å². The molecule has 1 fully saturated rings. The first-order valence-corrected chi connectivity index (χ1v) is 7.32. The van der Waals surface area contributed by atoms with Crippen molar-refractivity contribution in [2.75, 3.05) is 20.6 Å². The molecule has 1 amide bonds. The molecule has 2 rings (SSSR count). The lowest BCUT2D eigenvalue weighted by atomic mass is 9.96. The number of amides is 1. The monoisotopic (exact) mass is 275 g/mol. The fraction of sp³-hybridized carbons (Fsp3) is 0.562. The molecular weight excluding hydrogens is 250 g/mol. The van der Waals surface area contributed by atoms with Crippen molar-refractivity contribution < 1.29 is 4.79 Å². The Kier molecular flexibility index (Phi) is 4.78. The maximum Gasteiger partial charge on any atom is 0.251 e. The van der Waals surface area contributed by atoms with E-state index in [9.17, 15) is 4.79 Å². The van der Waals surface area contributed by atoms with Crippen LogP contribution in [0.3, 0.4) is 0 Å². The summed E-state index contributed by atoms with van der Waals surface area (Å²) in [7, 11) is 4.21. The first-order valence-electron chi connectivity index (χ1n) is 7.32. The van der Waals surface area contributed by atoms with Crippen molar-refractivity contribution >= 4 is 5.91 Å². The summed E-state index contributed by atoms with van der Waals surface area (Å²) >= 11 is 0. The molecule has 1 aliphatic rings. The highest BCUT2D eigenvalue weighted by Gasteiger charge is 2.36. The van der Waals surface area contributed by atoms with Crippen LogP contribution in [0.1, 0.15) is 41.6 Å². The van der Waals surface area contributed by atoms with Crippen LogP contribution >= 0.6 is 0 Å². The van der Waals surface area contributed by atoms with Gasteiger partial charge < -0.3 is 16.0 Å². The van der Waals surface area contributed by atoms with E-state index in [1.54, 1.807) is 0 Å². The maximum atomic E-state index is 12.2. The molecule has 1 saturated carbocycles. The highest BCUT2D eigenvalue weighted by molar-refractivity contribution is 5.94. The van der Waals surface area contributed by atoms with Gasteiger partial charge >= 0.3 is 0 Å². The number of nitrogens with two attached hydrogens (primary N) is 1. The zero-order chi connectivity index (χ0) is 14.6. The largest absolute Gasteiger partial charge is 0.350 e. The van der Waals surface area contributed by atoms with Crippen LogP contribution in [-0.4, -0.2) is 37.0 Å². The fourth-order valence-electron chi connectivity index (χ4n) is 2.95. The average Bonchev–Trinajstić information content (AvgIpc) is 2.95. The minimum atomic E-state index is 0.00157. The summed E-state index contributed by atoms with van der Waals surface area (Å²) in [5, 5.41) is 3.09. The highest BCUT2D eigenvalue weighted by Crippen LogP contribution is 2.33. The summed E-state index contributed by atoms with van der Waals surface area (Å²) in [6.07, 6.45) is 4.82. The van der Waals surface area contributed by atoms with Gasteiger partial charge in [-0.3, -0.25) is 4.79 Å². The second-order valence-electron chi connectivity index (χ2n) is 5.91. The molecule has 0 unspecified atom stereocenters. The van der Waals surface area contributed by atoms with Crippen LogP contribution in [0.4, 0.5) is 0 Å². The van der Waals surface area contributed by atoms with Crippen LogP contribution in [0, 0.1) is 0 Å². The standard InChI is InChI=1S/C16H25N3O/c1-19(2)16(9-3-4-10-16)12-18-15(20)14-7-5-13(11-17)6-8-14/h5-8H,3-4,9-12,17H2,1-2H3,(H,18,20). The minimum Gasteiger partial charge on any atom is -0.350 e. The van der Waals surface area contributed by atoms with Crippen molar-refractivity contribution in [2.24, 2.45) is 5.73 Å². The Bertz CT molecular complexity index is 447. The van der Waals surface area contributed by atoms with Gasteiger partial charge in [-0.1, -0.05) is 25.0 Å². The zero-order valence-electron chi connectivity index (χ0n) is 12.5. The first-order chi connectivity index (χ1) is 9.57. The van der Waals surface area contributed by atoms with Crippen molar-refractivity contribution in [2.45, 2.75) is 37.8 Å². The van der Waals surface area contributed by atoms with Crippen molar-refractivity contribution in [3.63, 3.8) is 0 Å². The summed E-state index contributed by atoms with van der Waals surface area (Å²) in [5.41, 5.74) is 7.44. The Morgan fingerprint density at radius 3 is 2.35 bits per heavy atom. The average molecular weight is 275 g/mol. The molecule has 0 heterocycles. The van der Waals surface area contributed by atoms with Crippen molar-refractivity contribution in [1.82, 2.24) is 10.2 Å². The molecule has 0 aromatic heterocycles. The molecule has 110 valence electrons. The highest BCUT2D eigenvalue weighted by atomic mass is 16.1. The lowest BCUT2D eigenvalue weighted by Gasteiger charge is -2.36. The predicted molar refractivity (Wildman–Crippen MR) is 81.6 cm³/mol. The molecule has 1 aromatic carbocycles. The van der Waals surface area contributed by atoms with Gasteiger partial charge in [0.05, 0.1) is 0 Å². The van der Waals surface area contributed by atoms with Crippen LogP contribution in [-0.2, 0) is 6.54 Å². The van der Waals surface area contributed by atoms with E-state index in [0.29, 0.717) is 12.1 Å². The van der Waals surface area contributed by atoms with Gasteiger partial charge in [-0.2, -0.15) is 0 Å². The quantitative estimate of drug-likeness (QED) is 0.860. The molecule has 0 atom stereocenters. The number of hydrogen-bond acceptors (Lipinski definition) is 3. The van der Waals surface area contributed by atoms with Crippen LogP contribution in [0.25, 0.3) is 0 Å². The Balaban J connectivity index is 1.97. The Morgan fingerprint density at radius 2 is 1.85 bits per heavy atom. The van der Waals surface area contributed by atoms with Gasteiger partial charge in [0, 0.05) is 24.2 Å². The molecule has 0 spiro atoms. The lowest BCUT2D eigenvalue weighted by Crippen LogP contribution is -2.50. The Labute approximate surface area is 121 Å². The summed E-state index contributed by atoms with van der Waals surface area (Å²) in [4.78, 5) is 14.5. The number of carbonyl (C=O) groups excluding carboxylic acids is 1. The number of nitrogens with zero attached hydrogens (tertiary/aromatic N) is 1. The fourth-order valence-corrected chi connectivity index (χ4v) is 2.95. The molecule has 1 aliphatic carbocycles. The number of hydrogen-bond donors (Lipinski definition) is 2. The van der Waals surface area contributed by atoms with E-state index in [1.165, 1.54) is 12.8 Å². The molecule has 0 aliphatic heterocycles. The minimum absolute atomic E-state index is 0.00157. The third kappa shape index (κ3) is 3.19. The topological polar surface area (TPSA) is 58.4 Å². The van der Waals surface area contributed by atoms with Gasteiger partial charge in [0.25, 0.3) is 5.91 Å². The van der Waals surface area contributed by atoms with Crippen LogP contribution in [0.2, 0.25) is 0 Å². The van der Waals surface area contributed by atoms with E-state index in [4.69, 9.17) is 5.73 Å². The lowest BCUT2D eigenvalue weighted by molar-refractivity contribution is 0.0900. The third-order valence-electron chi connectivity index (χ3n) is 4.51. The van der Waals surface area contributed by atoms with Gasteiger partial charge in [-0.25, -0.2) is 0 Å². The normalized spacial score (nSPS) is 17.4. The van der Waals surface area contributed by atoms with Gasteiger partial charge in [-0.15, -0.1) is 0 Å². The number of nitrogens with one attached hydrogen (secondary N) is 1. The van der Waals surface area contributed by atoms with Crippen molar-refractivity contribution in [1.29, 1.82) is 0 Å². The summed E-state index contributed by atoms with van der Waals surface area (Å²) in [6.45, 7) is 1.23. The Hall–Kier alpha value is -1.39. The SMILES string of the molecule is CN(C)C1(CNC(=O)c2ccc(CN)cc2)CCCC1. The smallest absolute Gasteiger partial charge is 0.251 e. The maximum absolute atomic E-state index is 12.2. The Morgan fingerprint density at radius 1 is 1.25 bits per heavy atom. The van der Waals surface area contributed by atoms with Crippen LogP contribution in [0.5, 0.6) is 0 Å². The summed E-state index contributed by atoms with van der Waals surface area (Å²) in [5.74, 6) is 0.00157. The van der Waals surface area contributed by atoms with Gasteiger partial charge in [-0.05, 0) is 44.6 Å². The molecule has 1 aromatic rings. The third-order valence-corrected chi connectivity index (χ3v) is 4.51. The molecule has 0 saturated heterocycles. The van der Waals surface area contributed by atoms with E-state index in [0.717, 1.165) is 24.9 Å². The summed E-state index contributed by atoms with van der Waals surface area (Å²) in [6, 6.07) is 7.50. The second kappa shape index (κ2) is 6.37. The van der Waals surface area contributed by atoms with Crippen molar-refractivity contribution in [3.8, 4) is 0 Å². The number of benzene rings is 1. The van der Waals surface area contributed by atoms with Crippen LogP contribution in [0.15, 0.2) is 24.3 Å². The van der Waals surface area contributed by atoms with Gasteiger partial charge in [0.15, 0.2) is 0 Å². The number of rotatable bonds is 5. The summed E-state index contributed by atoms with van der Waals surface area (Å²) < 4.78 is 0. The molecule has 3 N–H and O–H groups in total. The molecule has 0 bridgehead atoms. The zero-order valence-corrected chi connectivity index (χ0v) is 12.5. The van der Waals surface area contributed by atoms with E-state index in [2.05, 4.69) is 24.3 Å². The van der Waals surface area contributed by atoms with Crippen molar-refractivity contribution in [3.05, 3.63) is 35.4 Å². The molecule has 20 heavy (non-hydrogen) atoms. The molecule has 0 radical (unpaired) electrons. The molecular formula is C16H25N3O. The first kappa shape index (κ1) is 15.0.